The number of aryl methyl sites for hydroxylation is 2. The topological polar surface area (TPSA) is 46.9 Å². The molecule has 38 heavy (non-hydrogen) atoms. The molecule has 198 valence electrons. The molecule has 5 aliphatic carbocycles. The third-order valence-corrected chi connectivity index (χ3v) is 11.6. The second-order valence-electron chi connectivity index (χ2n) is 12.3. The second kappa shape index (κ2) is 8.97. The molecule has 3 saturated carbocycles. The lowest BCUT2D eigenvalue weighted by atomic mass is 9.45. The average Bonchev–Trinajstić information content (AvgIpc) is 3.51. The van der Waals surface area contributed by atoms with E-state index in [9.17, 15) is 4.79 Å². The number of carbonyl (C=O) groups excluding carboxylic acids is 1. The van der Waals surface area contributed by atoms with E-state index in [1.807, 2.05) is 28.2 Å². The number of rotatable bonds is 4. The van der Waals surface area contributed by atoms with Crippen LogP contribution in [0.1, 0.15) is 83.0 Å². The van der Waals surface area contributed by atoms with Crippen molar-refractivity contribution in [2.45, 2.75) is 65.7 Å². The van der Waals surface area contributed by atoms with Crippen LogP contribution in [0.2, 0.25) is 10.0 Å². The van der Waals surface area contributed by atoms with Gasteiger partial charge in [0.1, 0.15) is 0 Å². The number of allylic oxidation sites excluding steroid dienone is 1. The minimum atomic E-state index is -0.0660. The van der Waals surface area contributed by atoms with Gasteiger partial charge < -0.3 is 5.32 Å². The number of nitrogens with zero attached hydrogens (tertiary/aromatic N) is 2. The Balaban J connectivity index is 1.28. The van der Waals surface area contributed by atoms with Gasteiger partial charge in [0.2, 0.25) is 0 Å². The van der Waals surface area contributed by atoms with Gasteiger partial charge >= 0.3 is 0 Å². The maximum atomic E-state index is 13.8. The first-order chi connectivity index (χ1) is 18.2. The molecule has 3 unspecified atom stereocenters. The molecule has 0 saturated heterocycles. The Hall–Kier alpha value is -2.08. The summed E-state index contributed by atoms with van der Waals surface area (Å²) >= 11 is 14.8. The molecule has 2 heterocycles. The molecule has 1 amide bonds. The third kappa shape index (κ3) is 3.76. The van der Waals surface area contributed by atoms with Gasteiger partial charge in [0.15, 0.2) is 5.69 Å². The summed E-state index contributed by atoms with van der Waals surface area (Å²) in [7, 11) is 0. The molecule has 4 nitrogen and oxygen atoms in total. The van der Waals surface area contributed by atoms with Gasteiger partial charge in [-0.25, -0.2) is 4.68 Å². The lowest BCUT2D eigenvalue weighted by Crippen LogP contribution is -2.54. The molecule has 3 aromatic rings. The summed E-state index contributed by atoms with van der Waals surface area (Å²) in [5.41, 5.74) is 7.72. The SMILES string of the molecule is Cc1cc2c(s1)CCCC1=C2c2c(c(C(=O)NCC3CCC4CC3C4(C)C)nn2-c2ccc(Cl)cc2Cl)C1. The summed E-state index contributed by atoms with van der Waals surface area (Å²) in [4.78, 5) is 16.5. The van der Waals surface area contributed by atoms with Crippen molar-refractivity contribution in [1.29, 1.82) is 0 Å². The molecule has 0 radical (unpaired) electrons. The Bertz CT molecular complexity index is 1510. The summed E-state index contributed by atoms with van der Waals surface area (Å²) < 4.78 is 1.91. The number of hydrogen-bond donors (Lipinski definition) is 1. The smallest absolute Gasteiger partial charge is 0.272 e. The molecule has 7 heteroatoms. The van der Waals surface area contributed by atoms with E-state index in [1.54, 1.807) is 6.07 Å². The monoisotopic (exact) mass is 565 g/mol. The van der Waals surface area contributed by atoms with Gasteiger partial charge in [-0.3, -0.25) is 4.79 Å². The van der Waals surface area contributed by atoms with E-state index in [0.717, 1.165) is 55.1 Å². The first kappa shape index (κ1) is 24.9. The fourth-order valence-corrected chi connectivity index (χ4v) is 9.39. The largest absolute Gasteiger partial charge is 0.350 e. The Morgan fingerprint density at radius 2 is 2.05 bits per heavy atom. The number of benzene rings is 1. The van der Waals surface area contributed by atoms with E-state index in [-0.39, 0.29) is 5.91 Å². The van der Waals surface area contributed by atoms with Crippen molar-refractivity contribution in [2.75, 3.05) is 6.54 Å². The number of hydrogen-bond acceptors (Lipinski definition) is 3. The van der Waals surface area contributed by atoms with Crippen LogP contribution < -0.4 is 5.32 Å². The molecule has 2 bridgehead atoms. The van der Waals surface area contributed by atoms with Crippen molar-refractivity contribution >= 4 is 46.0 Å². The van der Waals surface area contributed by atoms with E-state index >= 15 is 0 Å². The molecule has 8 rings (SSSR count). The van der Waals surface area contributed by atoms with Gasteiger partial charge in [-0.1, -0.05) is 42.6 Å². The Kier molecular flexibility index (Phi) is 5.88. The zero-order valence-electron chi connectivity index (χ0n) is 22.2. The van der Waals surface area contributed by atoms with Crippen molar-refractivity contribution in [1.82, 2.24) is 15.1 Å². The van der Waals surface area contributed by atoms with E-state index in [1.165, 1.54) is 45.7 Å². The predicted molar refractivity (Wildman–Crippen MR) is 156 cm³/mol. The quantitative estimate of drug-likeness (QED) is 0.347. The minimum absolute atomic E-state index is 0.0660. The maximum absolute atomic E-state index is 13.8. The van der Waals surface area contributed by atoms with Crippen LogP contribution in [0.3, 0.4) is 0 Å². The number of halogens is 2. The highest BCUT2D eigenvalue weighted by Crippen LogP contribution is 2.61. The van der Waals surface area contributed by atoms with Gasteiger partial charge in [-0.15, -0.1) is 11.3 Å². The third-order valence-electron chi connectivity index (χ3n) is 9.93. The van der Waals surface area contributed by atoms with Crippen molar-refractivity contribution < 1.29 is 4.79 Å². The average molecular weight is 567 g/mol. The predicted octanol–water partition coefficient (Wildman–Crippen LogP) is 8.05. The highest BCUT2D eigenvalue weighted by atomic mass is 35.5. The zero-order chi connectivity index (χ0) is 26.3. The van der Waals surface area contributed by atoms with Gasteiger partial charge in [-0.2, -0.15) is 5.10 Å². The standard InChI is InChI=1S/C31H33Cl2N3OS/c1-16-11-21-26(38-16)6-4-5-17-12-22-28(30(37)34-15-18-7-8-19-13-23(18)31(19,2)3)35-36(29(22)27(17)21)25-10-9-20(32)14-24(25)33/h9-11,14,18-19,23H,4-8,12-13,15H2,1-3H3,(H,34,37). The van der Waals surface area contributed by atoms with Crippen LogP contribution in [0.4, 0.5) is 0 Å². The van der Waals surface area contributed by atoms with Crippen molar-refractivity contribution in [3.8, 4) is 5.69 Å². The van der Waals surface area contributed by atoms with Crippen LogP contribution in [0.15, 0.2) is 29.8 Å². The number of amides is 1. The Morgan fingerprint density at radius 1 is 1.21 bits per heavy atom. The normalized spacial score (nSPS) is 24.8. The molecule has 0 aliphatic heterocycles. The molecular formula is C31H33Cl2N3OS. The van der Waals surface area contributed by atoms with Crippen molar-refractivity contribution in [3.63, 3.8) is 0 Å². The van der Waals surface area contributed by atoms with Crippen LogP contribution in [0.25, 0.3) is 11.3 Å². The highest BCUT2D eigenvalue weighted by Gasteiger charge is 2.54. The van der Waals surface area contributed by atoms with Crippen LogP contribution in [-0.2, 0) is 12.8 Å². The number of aromatic nitrogens is 2. The van der Waals surface area contributed by atoms with E-state index < -0.39 is 0 Å². The molecule has 0 spiro atoms. The fraction of sp³-hybridized carbons (Fsp3) is 0.484. The zero-order valence-corrected chi connectivity index (χ0v) is 24.5. The summed E-state index contributed by atoms with van der Waals surface area (Å²) in [6.45, 7) is 7.72. The van der Waals surface area contributed by atoms with E-state index in [0.29, 0.717) is 33.0 Å². The lowest BCUT2D eigenvalue weighted by Gasteiger charge is -2.60. The lowest BCUT2D eigenvalue weighted by molar-refractivity contribution is -0.103. The molecule has 5 aliphatic rings. The fourth-order valence-electron chi connectivity index (χ4n) is 7.82. The molecule has 1 aromatic carbocycles. The highest BCUT2D eigenvalue weighted by molar-refractivity contribution is 7.12. The number of fused-ring (bicyclic) bond motifs is 6. The first-order valence-electron chi connectivity index (χ1n) is 13.9. The van der Waals surface area contributed by atoms with Gasteiger partial charge in [-0.05, 0) is 105 Å². The maximum Gasteiger partial charge on any atom is 0.272 e. The van der Waals surface area contributed by atoms with E-state index in [4.69, 9.17) is 28.3 Å². The molecule has 2 aromatic heterocycles. The summed E-state index contributed by atoms with van der Waals surface area (Å²) in [5, 5.41) is 9.39. The summed E-state index contributed by atoms with van der Waals surface area (Å²) in [6.07, 6.45) is 7.84. The van der Waals surface area contributed by atoms with Crippen LogP contribution in [-0.4, -0.2) is 22.2 Å². The van der Waals surface area contributed by atoms with Crippen LogP contribution >= 0.6 is 34.5 Å². The summed E-state index contributed by atoms with van der Waals surface area (Å²) in [5.74, 6) is 2.04. The number of nitrogens with one attached hydrogen (secondary N) is 1. The molecular weight excluding hydrogens is 533 g/mol. The van der Waals surface area contributed by atoms with Gasteiger partial charge in [0.25, 0.3) is 5.91 Å². The van der Waals surface area contributed by atoms with Crippen molar-refractivity contribution in [2.24, 2.45) is 23.2 Å². The van der Waals surface area contributed by atoms with Gasteiger partial charge in [0, 0.05) is 32.5 Å². The van der Waals surface area contributed by atoms with Crippen LogP contribution in [0, 0.1) is 30.1 Å². The number of carbonyl (C=O) groups is 1. The number of thiophene rings is 1. The van der Waals surface area contributed by atoms with E-state index in [2.05, 4.69) is 32.2 Å². The second-order valence-corrected chi connectivity index (χ2v) is 14.5. The first-order valence-corrected chi connectivity index (χ1v) is 15.5. The Labute approximate surface area is 238 Å². The molecule has 3 atom stereocenters. The molecule has 3 fully saturated rings. The van der Waals surface area contributed by atoms with Crippen molar-refractivity contribution in [3.05, 3.63) is 72.2 Å². The van der Waals surface area contributed by atoms with Gasteiger partial charge in [0.05, 0.1) is 16.4 Å². The summed E-state index contributed by atoms with van der Waals surface area (Å²) in [6, 6.07) is 7.81. The Morgan fingerprint density at radius 3 is 2.82 bits per heavy atom. The van der Waals surface area contributed by atoms with Crippen LogP contribution in [0.5, 0.6) is 0 Å². The minimum Gasteiger partial charge on any atom is -0.350 e. The molecule has 1 N–H and O–H groups in total.